The molecule has 1 heterocycles. The van der Waals surface area contributed by atoms with Crippen LogP contribution in [0.1, 0.15) is 60.3 Å². The fourth-order valence-corrected chi connectivity index (χ4v) is 4.99. The summed E-state index contributed by atoms with van der Waals surface area (Å²) in [4.78, 5) is 50.0. The van der Waals surface area contributed by atoms with Gasteiger partial charge in [0.05, 0.1) is 12.3 Å². The lowest BCUT2D eigenvalue weighted by atomic mass is 9.89. The van der Waals surface area contributed by atoms with Crippen LogP contribution in [0.3, 0.4) is 0 Å². The molecule has 34 heavy (non-hydrogen) atoms. The van der Waals surface area contributed by atoms with E-state index in [-0.39, 0.29) is 31.0 Å². The molecule has 0 saturated heterocycles. The Labute approximate surface area is 214 Å². The van der Waals surface area contributed by atoms with Gasteiger partial charge >= 0.3 is 5.97 Å². The maximum Gasteiger partial charge on any atom is 0.305 e. The van der Waals surface area contributed by atoms with Crippen molar-refractivity contribution in [3.05, 3.63) is 90.5 Å². The smallest absolute Gasteiger partial charge is 0.305 e. The average Bonchev–Trinajstić information content (AvgIpc) is 3.24. The molecule has 3 aromatic rings. The normalized spacial score (nSPS) is 11.6. The third-order valence-electron chi connectivity index (χ3n) is 5.17. The Balaban J connectivity index is 1.80. The number of nitrogens with one attached hydrogen (secondary N) is 1. The molecule has 0 aliphatic carbocycles. The molecule has 9 heteroatoms. The van der Waals surface area contributed by atoms with E-state index in [4.69, 9.17) is 16.7 Å². The zero-order chi connectivity index (χ0) is 24.8. The number of aliphatic carboxylic acids is 1. The highest BCUT2D eigenvalue weighted by Crippen LogP contribution is 2.33. The fourth-order valence-electron chi connectivity index (χ4n) is 3.33. The first-order valence-corrected chi connectivity index (χ1v) is 12.4. The SMILES string of the molecule is Cc1cc(C(=O)CC(C(=O)c2ccc(C(=O)NCCC(=O)O)cc2)c2cc(Br)cs2)ccc1Cl. The number of benzene rings is 2. The van der Waals surface area contributed by atoms with Crippen molar-refractivity contribution < 1.29 is 24.3 Å². The number of carboxylic acids is 1. The van der Waals surface area contributed by atoms with Crippen molar-refractivity contribution in [1.82, 2.24) is 5.32 Å². The molecule has 3 rings (SSSR count). The summed E-state index contributed by atoms with van der Waals surface area (Å²) in [7, 11) is 0. The molecule has 0 fully saturated rings. The molecule has 0 aliphatic rings. The summed E-state index contributed by atoms with van der Waals surface area (Å²) in [5.74, 6) is -2.51. The maximum atomic E-state index is 13.4. The molecule has 0 bridgehead atoms. The average molecular weight is 563 g/mol. The Morgan fingerprint density at radius 1 is 1.03 bits per heavy atom. The number of aryl methyl sites for hydroxylation is 1. The summed E-state index contributed by atoms with van der Waals surface area (Å²) in [6.07, 6.45) is -0.189. The first kappa shape index (κ1) is 25.8. The Morgan fingerprint density at radius 3 is 2.26 bits per heavy atom. The molecule has 2 N–H and O–H groups in total. The van der Waals surface area contributed by atoms with Gasteiger partial charge in [0.25, 0.3) is 5.91 Å². The minimum absolute atomic E-state index is 0.00964. The number of hydrogen-bond acceptors (Lipinski definition) is 5. The largest absolute Gasteiger partial charge is 0.481 e. The van der Waals surface area contributed by atoms with Crippen molar-refractivity contribution in [1.29, 1.82) is 0 Å². The van der Waals surface area contributed by atoms with Crippen LogP contribution in [0.4, 0.5) is 0 Å². The zero-order valence-corrected chi connectivity index (χ0v) is 21.3. The summed E-state index contributed by atoms with van der Waals surface area (Å²) in [5.41, 5.74) is 1.96. The number of hydrogen-bond donors (Lipinski definition) is 2. The molecule has 1 aromatic heterocycles. The minimum atomic E-state index is -1.00. The molecule has 0 aliphatic heterocycles. The van der Waals surface area contributed by atoms with Gasteiger partial charge in [-0.2, -0.15) is 0 Å². The lowest BCUT2D eigenvalue weighted by molar-refractivity contribution is -0.136. The molecular weight excluding hydrogens is 542 g/mol. The van der Waals surface area contributed by atoms with E-state index in [9.17, 15) is 19.2 Å². The molecule has 2 aromatic carbocycles. The Hall–Kier alpha value is -2.81. The van der Waals surface area contributed by atoms with Gasteiger partial charge in [0.15, 0.2) is 11.6 Å². The highest BCUT2D eigenvalue weighted by atomic mass is 79.9. The van der Waals surface area contributed by atoms with Gasteiger partial charge in [-0.1, -0.05) is 23.7 Å². The van der Waals surface area contributed by atoms with Gasteiger partial charge < -0.3 is 10.4 Å². The van der Waals surface area contributed by atoms with Gasteiger partial charge in [0.2, 0.25) is 0 Å². The van der Waals surface area contributed by atoms with Crippen LogP contribution >= 0.6 is 38.9 Å². The summed E-state index contributed by atoms with van der Waals surface area (Å²) in [5, 5.41) is 13.6. The Bertz CT molecular complexity index is 1240. The van der Waals surface area contributed by atoms with E-state index < -0.39 is 17.8 Å². The highest BCUT2D eigenvalue weighted by Gasteiger charge is 2.27. The van der Waals surface area contributed by atoms with Crippen LogP contribution in [0.15, 0.2) is 58.4 Å². The molecule has 176 valence electrons. The number of amides is 1. The first-order chi connectivity index (χ1) is 16.2. The van der Waals surface area contributed by atoms with Crippen LogP contribution in [0.25, 0.3) is 0 Å². The van der Waals surface area contributed by atoms with Gasteiger partial charge in [-0.05, 0) is 64.8 Å². The van der Waals surface area contributed by atoms with Crippen molar-refractivity contribution in [3.8, 4) is 0 Å². The highest BCUT2D eigenvalue weighted by molar-refractivity contribution is 9.10. The summed E-state index contributed by atoms with van der Waals surface area (Å²) < 4.78 is 0.827. The zero-order valence-electron chi connectivity index (χ0n) is 18.1. The number of carboxylic acid groups (broad SMARTS) is 1. The Morgan fingerprint density at radius 2 is 1.68 bits per heavy atom. The monoisotopic (exact) mass is 561 g/mol. The number of rotatable bonds is 10. The van der Waals surface area contributed by atoms with Gasteiger partial charge in [-0.15, -0.1) is 11.3 Å². The first-order valence-electron chi connectivity index (χ1n) is 10.3. The van der Waals surface area contributed by atoms with Crippen molar-refractivity contribution in [2.24, 2.45) is 0 Å². The third kappa shape index (κ3) is 6.62. The van der Waals surface area contributed by atoms with Crippen molar-refractivity contribution in [2.75, 3.05) is 6.54 Å². The van der Waals surface area contributed by atoms with E-state index in [1.54, 1.807) is 30.3 Å². The number of thiophene rings is 1. The molecule has 1 amide bonds. The van der Waals surface area contributed by atoms with Crippen molar-refractivity contribution in [3.63, 3.8) is 0 Å². The number of halogens is 2. The lowest BCUT2D eigenvalue weighted by Crippen LogP contribution is -2.26. The van der Waals surface area contributed by atoms with Gasteiger partial charge in [0.1, 0.15) is 0 Å². The molecule has 6 nitrogen and oxygen atoms in total. The van der Waals surface area contributed by atoms with Gasteiger partial charge in [0, 0.05) is 49.4 Å². The number of carbonyl (C=O) groups is 4. The summed E-state index contributed by atoms with van der Waals surface area (Å²) in [6.45, 7) is 1.83. The number of carbonyl (C=O) groups excluding carboxylic acids is 3. The second-order valence-electron chi connectivity index (χ2n) is 7.65. The van der Waals surface area contributed by atoms with Gasteiger partial charge in [-0.3, -0.25) is 19.2 Å². The molecular formula is C25H21BrClNO5S. The van der Waals surface area contributed by atoms with Crippen LogP contribution in [0, 0.1) is 6.92 Å². The molecule has 1 unspecified atom stereocenters. The number of Topliss-reactive ketones (excluding diaryl/α,β-unsaturated/α-hetero) is 2. The molecule has 0 saturated carbocycles. The fraction of sp³-hybridized carbons (Fsp3) is 0.200. The minimum Gasteiger partial charge on any atom is -0.481 e. The number of ketones is 2. The van der Waals surface area contributed by atoms with Crippen LogP contribution in [0.5, 0.6) is 0 Å². The lowest BCUT2D eigenvalue weighted by Gasteiger charge is -2.15. The van der Waals surface area contributed by atoms with Crippen molar-refractivity contribution >= 4 is 62.3 Å². The van der Waals surface area contributed by atoms with Crippen LogP contribution < -0.4 is 5.32 Å². The van der Waals surface area contributed by atoms with Crippen LogP contribution in [-0.4, -0.2) is 35.1 Å². The van der Waals surface area contributed by atoms with E-state index in [2.05, 4.69) is 21.2 Å². The van der Waals surface area contributed by atoms with E-state index in [1.807, 2.05) is 18.4 Å². The maximum absolute atomic E-state index is 13.4. The van der Waals surface area contributed by atoms with E-state index in [0.717, 1.165) is 14.9 Å². The Kier molecular flexibility index (Phi) is 8.77. The quantitative estimate of drug-likeness (QED) is 0.299. The van der Waals surface area contributed by atoms with Crippen LogP contribution in [0.2, 0.25) is 5.02 Å². The third-order valence-corrected chi connectivity index (χ3v) is 7.40. The van der Waals surface area contributed by atoms with E-state index in [0.29, 0.717) is 21.7 Å². The summed E-state index contributed by atoms with van der Waals surface area (Å²) >= 11 is 10.9. The van der Waals surface area contributed by atoms with E-state index in [1.165, 1.54) is 23.5 Å². The van der Waals surface area contributed by atoms with Crippen molar-refractivity contribution in [2.45, 2.75) is 25.7 Å². The van der Waals surface area contributed by atoms with Crippen LogP contribution in [-0.2, 0) is 4.79 Å². The predicted octanol–water partition coefficient (Wildman–Crippen LogP) is 5.92. The van der Waals surface area contributed by atoms with E-state index >= 15 is 0 Å². The predicted molar refractivity (Wildman–Crippen MR) is 135 cm³/mol. The molecule has 0 radical (unpaired) electrons. The molecule has 1 atom stereocenters. The topological polar surface area (TPSA) is 101 Å². The standard InChI is InChI=1S/C25H21BrClNO5S/c1-14-10-17(6-7-20(14)27)21(29)12-19(22-11-18(26)13-34-22)24(32)15-2-4-16(5-3-15)25(33)28-9-8-23(30)31/h2-7,10-11,13,19H,8-9,12H2,1H3,(H,28,33)(H,30,31). The second kappa shape index (κ2) is 11.6. The summed E-state index contributed by atoms with van der Waals surface area (Å²) in [6, 6.07) is 13.0. The van der Waals surface area contributed by atoms with Gasteiger partial charge in [-0.25, -0.2) is 0 Å². The second-order valence-corrected chi connectivity index (χ2v) is 9.92. The molecule has 0 spiro atoms.